The Labute approximate surface area is 138 Å². The summed E-state index contributed by atoms with van der Waals surface area (Å²) in [6.45, 7) is 1.79. The average molecular weight is 353 g/mol. The van der Waals surface area contributed by atoms with Crippen LogP contribution in [0.25, 0.3) is 0 Å². The SMILES string of the molecule is Cc1c(Cl)cc(S(=O)(=O)N2CCc3ccccc32)cc1[N+](=O)[O-]. The molecular weight excluding hydrogens is 340 g/mol. The molecule has 0 aromatic heterocycles. The molecule has 1 heterocycles. The van der Waals surface area contributed by atoms with E-state index in [1.54, 1.807) is 12.1 Å². The van der Waals surface area contributed by atoms with Crippen molar-refractivity contribution in [3.05, 3.63) is 62.7 Å². The van der Waals surface area contributed by atoms with E-state index in [1.807, 2.05) is 12.1 Å². The number of nitro groups is 1. The first-order chi connectivity index (χ1) is 10.8. The topological polar surface area (TPSA) is 80.5 Å². The van der Waals surface area contributed by atoms with E-state index in [0.717, 1.165) is 11.6 Å². The molecule has 0 amide bonds. The Kier molecular flexibility index (Phi) is 3.77. The van der Waals surface area contributed by atoms with Crippen LogP contribution >= 0.6 is 11.6 Å². The molecule has 0 fully saturated rings. The lowest BCUT2D eigenvalue weighted by Gasteiger charge is -2.20. The lowest BCUT2D eigenvalue weighted by molar-refractivity contribution is -0.385. The minimum atomic E-state index is -3.90. The highest BCUT2D eigenvalue weighted by molar-refractivity contribution is 7.92. The van der Waals surface area contributed by atoms with Crippen molar-refractivity contribution in [2.45, 2.75) is 18.2 Å². The lowest BCUT2D eigenvalue weighted by atomic mass is 10.2. The molecule has 0 radical (unpaired) electrons. The summed E-state index contributed by atoms with van der Waals surface area (Å²) in [4.78, 5) is 10.3. The maximum atomic E-state index is 12.9. The molecule has 3 rings (SSSR count). The van der Waals surface area contributed by atoms with Gasteiger partial charge in [0.25, 0.3) is 15.7 Å². The number of nitrogens with zero attached hydrogens (tertiary/aromatic N) is 2. The Morgan fingerprint density at radius 2 is 1.96 bits per heavy atom. The normalized spacial score (nSPS) is 13.9. The van der Waals surface area contributed by atoms with Crippen LogP contribution < -0.4 is 4.31 Å². The third kappa shape index (κ3) is 2.55. The summed E-state index contributed by atoms with van der Waals surface area (Å²) in [6, 6.07) is 9.54. The molecular formula is C15H13ClN2O4S. The van der Waals surface area contributed by atoms with Crippen molar-refractivity contribution in [2.75, 3.05) is 10.8 Å². The van der Waals surface area contributed by atoms with Crippen molar-refractivity contribution in [3.63, 3.8) is 0 Å². The van der Waals surface area contributed by atoms with E-state index in [1.165, 1.54) is 17.3 Å². The maximum Gasteiger partial charge on any atom is 0.275 e. The van der Waals surface area contributed by atoms with Crippen LogP contribution in [-0.4, -0.2) is 19.9 Å². The van der Waals surface area contributed by atoms with Gasteiger partial charge in [-0.3, -0.25) is 14.4 Å². The Hall–Kier alpha value is -2.12. The van der Waals surface area contributed by atoms with Gasteiger partial charge in [0.05, 0.1) is 20.5 Å². The number of hydrogen-bond donors (Lipinski definition) is 0. The van der Waals surface area contributed by atoms with Crippen LogP contribution in [0.2, 0.25) is 5.02 Å². The minimum Gasteiger partial charge on any atom is -0.266 e. The highest BCUT2D eigenvalue weighted by Crippen LogP contribution is 2.36. The van der Waals surface area contributed by atoms with E-state index in [-0.39, 0.29) is 21.2 Å². The Morgan fingerprint density at radius 3 is 2.65 bits per heavy atom. The van der Waals surface area contributed by atoms with Gasteiger partial charge in [0, 0.05) is 18.2 Å². The van der Waals surface area contributed by atoms with Gasteiger partial charge < -0.3 is 0 Å². The third-order valence-electron chi connectivity index (χ3n) is 3.92. The monoisotopic (exact) mass is 352 g/mol. The second-order valence-electron chi connectivity index (χ2n) is 5.26. The summed E-state index contributed by atoms with van der Waals surface area (Å²) < 4.78 is 27.0. The second-order valence-corrected chi connectivity index (χ2v) is 7.53. The molecule has 0 atom stereocenters. The van der Waals surface area contributed by atoms with E-state index in [4.69, 9.17) is 11.6 Å². The summed E-state index contributed by atoms with van der Waals surface area (Å²) in [7, 11) is -3.90. The average Bonchev–Trinajstić information content (AvgIpc) is 2.94. The number of nitro benzene ring substituents is 1. The van der Waals surface area contributed by atoms with Crippen LogP contribution in [-0.2, 0) is 16.4 Å². The van der Waals surface area contributed by atoms with Crippen LogP contribution in [0.4, 0.5) is 11.4 Å². The number of anilines is 1. The molecule has 1 aliphatic rings. The van der Waals surface area contributed by atoms with E-state index in [2.05, 4.69) is 0 Å². The van der Waals surface area contributed by atoms with Gasteiger partial charge in [0.1, 0.15) is 0 Å². The first-order valence-electron chi connectivity index (χ1n) is 6.87. The van der Waals surface area contributed by atoms with Gasteiger partial charge in [0.2, 0.25) is 0 Å². The molecule has 2 aromatic rings. The molecule has 120 valence electrons. The largest absolute Gasteiger partial charge is 0.275 e. The zero-order chi connectivity index (χ0) is 16.8. The number of rotatable bonds is 3. The maximum absolute atomic E-state index is 12.9. The Bertz CT molecular complexity index is 912. The highest BCUT2D eigenvalue weighted by atomic mass is 35.5. The van der Waals surface area contributed by atoms with Crippen molar-refractivity contribution in [1.82, 2.24) is 0 Å². The van der Waals surface area contributed by atoms with E-state index in [9.17, 15) is 18.5 Å². The van der Waals surface area contributed by atoms with Gasteiger partial charge in [0.15, 0.2) is 0 Å². The predicted molar refractivity (Wildman–Crippen MR) is 87.5 cm³/mol. The van der Waals surface area contributed by atoms with Crippen LogP contribution in [0.3, 0.4) is 0 Å². The smallest absolute Gasteiger partial charge is 0.266 e. The molecule has 23 heavy (non-hydrogen) atoms. The number of benzene rings is 2. The number of fused-ring (bicyclic) bond motifs is 1. The molecule has 8 heteroatoms. The predicted octanol–water partition coefficient (Wildman–Crippen LogP) is 3.31. The summed E-state index contributed by atoms with van der Waals surface area (Å²) >= 11 is 5.99. The molecule has 0 bridgehead atoms. The third-order valence-corrected chi connectivity index (χ3v) is 6.10. The second kappa shape index (κ2) is 5.50. The van der Waals surface area contributed by atoms with E-state index >= 15 is 0 Å². The zero-order valence-electron chi connectivity index (χ0n) is 12.2. The van der Waals surface area contributed by atoms with E-state index in [0.29, 0.717) is 18.7 Å². The van der Waals surface area contributed by atoms with Crippen LogP contribution in [0, 0.1) is 17.0 Å². The van der Waals surface area contributed by atoms with Crippen LogP contribution in [0.15, 0.2) is 41.3 Å². The van der Waals surface area contributed by atoms with Gasteiger partial charge in [-0.25, -0.2) is 8.42 Å². The Balaban J connectivity index is 2.14. The van der Waals surface area contributed by atoms with Gasteiger partial charge in [-0.2, -0.15) is 0 Å². The van der Waals surface area contributed by atoms with Crippen LogP contribution in [0.1, 0.15) is 11.1 Å². The molecule has 0 aliphatic carbocycles. The van der Waals surface area contributed by atoms with Crippen molar-refractivity contribution in [3.8, 4) is 0 Å². The quantitative estimate of drug-likeness (QED) is 0.627. The van der Waals surface area contributed by atoms with Crippen molar-refractivity contribution >= 4 is 33.0 Å². The fourth-order valence-corrected chi connectivity index (χ4v) is 4.49. The van der Waals surface area contributed by atoms with Gasteiger partial charge in [-0.05, 0) is 31.0 Å². The number of halogens is 1. The molecule has 0 saturated carbocycles. The van der Waals surface area contributed by atoms with E-state index < -0.39 is 14.9 Å². The van der Waals surface area contributed by atoms with Gasteiger partial charge in [-0.1, -0.05) is 29.8 Å². The summed E-state index contributed by atoms with van der Waals surface area (Å²) in [6.07, 6.45) is 0.608. The zero-order valence-corrected chi connectivity index (χ0v) is 13.8. The first kappa shape index (κ1) is 15.8. The molecule has 2 aromatic carbocycles. The molecule has 6 nitrogen and oxygen atoms in total. The number of hydrogen-bond acceptors (Lipinski definition) is 4. The molecule has 1 aliphatic heterocycles. The van der Waals surface area contributed by atoms with Crippen molar-refractivity contribution in [2.24, 2.45) is 0 Å². The summed E-state index contributed by atoms with van der Waals surface area (Å²) in [5.74, 6) is 0. The highest BCUT2D eigenvalue weighted by Gasteiger charge is 2.32. The van der Waals surface area contributed by atoms with Crippen LogP contribution in [0.5, 0.6) is 0 Å². The number of para-hydroxylation sites is 1. The first-order valence-corrected chi connectivity index (χ1v) is 8.69. The van der Waals surface area contributed by atoms with Crippen molar-refractivity contribution < 1.29 is 13.3 Å². The van der Waals surface area contributed by atoms with Crippen molar-refractivity contribution in [1.29, 1.82) is 0 Å². The Morgan fingerprint density at radius 1 is 1.26 bits per heavy atom. The molecule has 0 unspecified atom stereocenters. The summed E-state index contributed by atoms with van der Waals surface area (Å²) in [5.41, 5.74) is 1.48. The summed E-state index contributed by atoms with van der Waals surface area (Å²) in [5, 5.41) is 11.2. The molecule has 0 spiro atoms. The number of sulfonamides is 1. The fraction of sp³-hybridized carbons (Fsp3) is 0.200. The van der Waals surface area contributed by atoms with Gasteiger partial charge in [-0.15, -0.1) is 0 Å². The van der Waals surface area contributed by atoms with Gasteiger partial charge >= 0.3 is 0 Å². The minimum absolute atomic E-state index is 0.0604. The molecule has 0 saturated heterocycles. The fourth-order valence-electron chi connectivity index (χ4n) is 2.66. The standard InChI is InChI=1S/C15H13ClN2O4S/c1-10-13(16)8-12(9-15(10)18(19)20)23(21,22)17-7-6-11-4-2-3-5-14(11)17/h2-5,8-9H,6-7H2,1H3. The molecule has 0 N–H and O–H groups in total. The lowest BCUT2D eigenvalue weighted by Crippen LogP contribution is -2.29.